The first kappa shape index (κ1) is 14.2. The molecule has 0 radical (unpaired) electrons. The summed E-state index contributed by atoms with van der Waals surface area (Å²) >= 11 is 0. The number of nitrogens with zero attached hydrogens (tertiary/aromatic N) is 1. The molecule has 2 rings (SSSR count). The summed E-state index contributed by atoms with van der Waals surface area (Å²) in [6.07, 6.45) is 4.86. The van der Waals surface area contributed by atoms with Gasteiger partial charge < -0.3 is 5.73 Å². The molecule has 0 aliphatic heterocycles. The topological polar surface area (TPSA) is 38.4 Å². The van der Waals surface area contributed by atoms with Gasteiger partial charge in [0.1, 0.15) is 0 Å². The van der Waals surface area contributed by atoms with Crippen molar-refractivity contribution in [3.63, 3.8) is 0 Å². The van der Waals surface area contributed by atoms with Crippen molar-refractivity contribution < 1.29 is 0 Å². The van der Waals surface area contributed by atoms with Crippen LogP contribution in [0, 0.1) is 0 Å². The van der Waals surface area contributed by atoms with Crippen LogP contribution in [0.25, 0.3) is 0 Å². The average Bonchev–Trinajstić information content (AvgIpc) is 2.53. The monoisotopic (exact) mass is 280 g/mol. The third-order valence-corrected chi connectivity index (χ3v) is 5.12. The highest BCUT2D eigenvalue weighted by Crippen LogP contribution is 2.36. The number of nitrogens with two attached hydrogens (primary N) is 1. The Morgan fingerprint density at radius 2 is 1.45 bits per heavy atom. The van der Waals surface area contributed by atoms with Gasteiger partial charge in [-0.05, 0) is 16.7 Å². The number of hydrogen-bond donors (Lipinski definition) is 1. The van der Waals surface area contributed by atoms with Gasteiger partial charge >= 0.3 is 0 Å². The van der Waals surface area contributed by atoms with E-state index in [0.29, 0.717) is 0 Å². The third-order valence-electron chi connectivity index (χ3n) is 2.73. The highest BCUT2D eigenvalue weighted by molar-refractivity contribution is 7.88. The van der Waals surface area contributed by atoms with Gasteiger partial charge in [0.2, 0.25) is 0 Å². The molecule has 0 heterocycles. The van der Waals surface area contributed by atoms with Crippen LogP contribution in [-0.4, -0.2) is 5.45 Å². The maximum atomic E-state index is 5.39. The second-order valence-electron chi connectivity index (χ2n) is 4.04. The summed E-state index contributed by atoms with van der Waals surface area (Å²) in [6, 6.07) is 20.8. The van der Waals surface area contributed by atoms with Crippen LogP contribution in [0.3, 0.4) is 0 Å². The van der Waals surface area contributed by atoms with Crippen molar-refractivity contribution in [2.75, 3.05) is 0 Å². The lowest BCUT2D eigenvalue weighted by molar-refractivity contribution is 1.49. The minimum Gasteiger partial charge on any atom is -0.403 e. The first-order valence-electron chi connectivity index (χ1n) is 6.34. The van der Waals surface area contributed by atoms with E-state index in [-0.39, 0.29) is 0 Å². The molecule has 100 valence electrons. The fourth-order valence-corrected chi connectivity index (χ4v) is 4.02. The average molecular weight is 280 g/mol. The Labute approximate surface area is 121 Å². The fraction of sp³-hybridized carbons (Fsp3) is 0. The number of rotatable bonds is 5. The van der Waals surface area contributed by atoms with Crippen LogP contribution in [0.4, 0.5) is 0 Å². The van der Waals surface area contributed by atoms with Crippen LogP contribution < -0.4 is 16.3 Å². The summed E-state index contributed by atoms with van der Waals surface area (Å²) < 4.78 is 0. The SMILES string of the molecule is C=CC(=N/C=C\N)P(c1ccccc1)c1ccccc1. The molecule has 0 aliphatic rings. The van der Waals surface area contributed by atoms with E-state index in [0.717, 1.165) is 5.45 Å². The van der Waals surface area contributed by atoms with E-state index in [1.54, 1.807) is 6.20 Å². The summed E-state index contributed by atoms with van der Waals surface area (Å²) in [5.74, 6) is 0. The van der Waals surface area contributed by atoms with E-state index in [4.69, 9.17) is 5.73 Å². The summed E-state index contributed by atoms with van der Waals surface area (Å²) in [5.41, 5.74) is 6.34. The third kappa shape index (κ3) is 3.43. The van der Waals surface area contributed by atoms with Gasteiger partial charge in [0.15, 0.2) is 0 Å². The van der Waals surface area contributed by atoms with Crippen molar-refractivity contribution in [2.24, 2.45) is 10.7 Å². The predicted molar refractivity (Wildman–Crippen MR) is 90.0 cm³/mol. The standard InChI is InChI=1S/C17H17N2P/c1-2-17(19-14-13-18)20(15-9-5-3-6-10-15)16-11-7-4-8-12-16/h2-14H,1,18H2/b14-13-,19-17?. The van der Waals surface area contributed by atoms with Gasteiger partial charge in [-0.2, -0.15) is 0 Å². The maximum Gasteiger partial charge on any atom is 0.0715 e. The molecule has 0 saturated carbocycles. The van der Waals surface area contributed by atoms with E-state index >= 15 is 0 Å². The fourth-order valence-electron chi connectivity index (χ4n) is 1.89. The van der Waals surface area contributed by atoms with Gasteiger partial charge in [0, 0.05) is 20.3 Å². The Morgan fingerprint density at radius 3 is 1.85 bits per heavy atom. The zero-order chi connectivity index (χ0) is 14.2. The lowest BCUT2D eigenvalue weighted by Gasteiger charge is -2.18. The first-order chi connectivity index (χ1) is 9.86. The van der Waals surface area contributed by atoms with Crippen molar-refractivity contribution in [3.8, 4) is 0 Å². The van der Waals surface area contributed by atoms with Gasteiger partial charge in [-0.25, -0.2) is 0 Å². The molecule has 3 heteroatoms. The van der Waals surface area contributed by atoms with Crippen LogP contribution in [0.15, 0.2) is 90.7 Å². The normalized spacial score (nSPS) is 11.9. The van der Waals surface area contributed by atoms with E-state index in [1.165, 1.54) is 16.8 Å². The van der Waals surface area contributed by atoms with Crippen molar-refractivity contribution in [1.29, 1.82) is 0 Å². The Morgan fingerprint density at radius 1 is 0.950 bits per heavy atom. The molecule has 0 amide bonds. The lowest BCUT2D eigenvalue weighted by Crippen LogP contribution is -2.16. The number of hydrogen-bond acceptors (Lipinski definition) is 2. The predicted octanol–water partition coefficient (Wildman–Crippen LogP) is 3.13. The van der Waals surface area contributed by atoms with Crippen molar-refractivity contribution in [1.82, 2.24) is 0 Å². The van der Waals surface area contributed by atoms with E-state index in [1.807, 2.05) is 42.5 Å². The lowest BCUT2D eigenvalue weighted by atomic mass is 10.4. The van der Waals surface area contributed by atoms with Gasteiger partial charge in [0.05, 0.1) is 5.45 Å². The van der Waals surface area contributed by atoms with Crippen molar-refractivity contribution in [3.05, 3.63) is 85.7 Å². The quantitative estimate of drug-likeness (QED) is 0.663. The van der Waals surface area contributed by atoms with E-state index < -0.39 is 7.92 Å². The largest absolute Gasteiger partial charge is 0.403 e. The maximum absolute atomic E-state index is 5.39. The van der Waals surface area contributed by atoms with Crippen LogP contribution in [0.1, 0.15) is 0 Å². The molecule has 20 heavy (non-hydrogen) atoms. The Hall–Kier alpha value is -2.18. The number of aliphatic imine (C=N–C) groups is 1. The number of benzene rings is 2. The Balaban J connectivity index is 2.52. The Kier molecular flexibility index (Phi) is 5.28. The van der Waals surface area contributed by atoms with Crippen molar-refractivity contribution >= 4 is 24.0 Å². The van der Waals surface area contributed by atoms with Crippen LogP contribution in [-0.2, 0) is 0 Å². The zero-order valence-corrected chi connectivity index (χ0v) is 12.1. The molecule has 0 bridgehead atoms. The molecule has 2 N–H and O–H groups in total. The second-order valence-corrected chi connectivity index (χ2v) is 6.20. The smallest absolute Gasteiger partial charge is 0.0715 e. The minimum absolute atomic E-state index is 0.701. The summed E-state index contributed by atoms with van der Waals surface area (Å²) in [7, 11) is -0.701. The van der Waals surface area contributed by atoms with Gasteiger partial charge in [-0.3, -0.25) is 4.99 Å². The number of allylic oxidation sites excluding steroid dienone is 1. The molecule has 2 nitrogen and oxygen atoms in total. The molecule has 0 aromatic heterocycles. The molecule has 0 aliphatic carbocycles. The van der Waals surface area contributed by atoms with Gasteiger partial charge in [-0.1, -0.05) is 67.2 Å². The second kappa shape index (κ2) is 7.42. The zero-order valence-electron chi connectivity index (χ0n) is 11.2. The molecular weight excluding hydrogens is 263 g/mol. The molecule has 0 unspecified atom stereocenters. The molecule has 0 atom stereocenters. The molecule has 0 spiro atoms. The molecular formula is C17H17N2P. The summed E-state index contributed by atoms with van der Waals surface area (Å²) in [5, 5.41) is 2.50. The Bertz CT molecular complexity index is 564. The highest BCUT2D eigenvalue weighted by atomic mass is 31.1. The summed E-state index contributed by atoms with van der Waals surface area (Å²) in [4.78, 5) is 4.44. The van der Waals surface area contributed by atoms with Crippen LogP contribution >= 0.6 is 7.92 Å². The highest BCUT2D eigenvalue weighted by Gasteiger charge is 2.17. The van der Waals surface area contributed by atoms with Crippen LogP contribution in [0.5, 0.6) is 0 Å². The summed E-state index contributed by atoms with van der Waals surface area (Å²) in [6.45, 7) is 3.90. The van der Waals surface area contributed by atoms with Gasteiger partial charge in [-0.15, -0.1) is 0 Å². The molecule has 0 saturated heterocycles. The van der Waals surface area contributed by atoms with E-state index in [9.17, 15) is 0 Å². The van der Waals surface area contributed by atoms with E-state index in [2.05, 4.69) is 35.8 Å². The minimum atomic E-state index is -0.701. The molecule has 2 aromatic carbocycles. The van der Waals surface area contributed by atoms with Gasteiger partial charge in [0.25, 0.3) is 0 Å². The van der Waals surface area contributed by atoms with Crippen LogP contribution in [0.2, 0.25) is 0 Å². The molecule has 0 fully saturated rings. The van der Waals surface area contributed by atoms with Crippen molar-refractivity contribution in [2.45, 2.75) is 0 Å². The first-order valence-corrected chi connectivity index (χ1v) is 7.68. The molecule has 2 aromatic rings.